The monoisotopic (exact) mass is 124 g/mol. The van der Waals surface area contributed by atoms with Crippen molar-refractivity contribution in [2.75, 3.05) is 7.05 Å². The average molecular weight is 124 g/mol. The summed E-state index contributed by atoms with van der Waals surface area (Å²) in [5.41, 5.74) is 0. The van der Waals surface area contributed by atoms with Crippen LogP contribution >= 0.6 is 0 Å². The van der Waals surface area contributed by atoms with Gasteiger partial charge in [0, 0.05) is 6.21 Å². The highest BCUT2D eigenvalue weighted by molar-refractivity contribution is 5.96. The Morgan fingerprint density at radius 3 is 3.00 bits per heavy atom. The number of rotatable bonds is 1. The molecular formula is C6H8N2O. The van der Waals surface area contributed by atoms with Crippen LogP contribution < -0.4 is 5.32 Å². The lowest BCUT2D eigenvalue weighted by Crippen LogP contribution is -2.32. The number of carbonyl (C=O) groups is 1. The van der Waals surface area contributed by atoms with Gasteiger partial charge in [-0.05, 0) is 13.1 Å². The topological polar surface area (TPSA) is 41.5 Å². The molecule has 1 N–H and O–H groups in total. The van der Waals surface area contributed by atoms with Gasteiger partial charge >= 0.3 is 0 Å². The van der Waals surface area contributed by atoms with Gasteiger partial charge < -0.3 is 5.32 Å². The van der Waals surface area contributed by atoms with Crippen molar-refractivity contribution in [3.05, 3.63) is 12.2 Å². The maximum Gasteiger partial charge on any atom is 0.266 e. The van der Waals surface area contributed by atoms with Crippen molar-refractivity contribution in [1.82, 2.24) is 5.32 Å². The first-order valence-electron chi connectivity index (χ1n) is 2.76. The predicted molar refractivity (Wildman–Crippen MR) is 35.5 cm³/mol. The van der Waals surface area contributed by atoms with Crippen LogP contribution in [0, 0.1) is 0 Å². The van der Waals surface area contributed by atoms with E-state index < -0.39 is 0 Å². The van der Waals surface area contributed by atoms with E-state index in [1.165, 1.54) is 6.21 Å². The third-order valence-electron chi connectivity index (χ3n) is 1.17. The molecule has 1 aliphatic rings. The van der Waals surface area contributed by atoms with E-state index in [2.05, 4.69) is 10.3 Å². The number of hydrogen-bond donors (Lipinski definition) is 1. The zero-order chi connectivity index (χ0) is 6.69. The van der Waals surface area contributed by atoms with Gasteiger partial charge in [0.25, 0.3) is 5.91 Å². The highest BCUT2D eigenvalue weighted by Gasteiger charge is 2.11. The molecule has 0 aliphatic carbocycles. The summed E-state index contributed by atoms with van der Waals surface area (Å²) in [5.74, 6) is -0.125. The number of hydrogen-bond acceptors (Lipinski definition) is 2. The van der Waals surface area contributed by atoms with Crippen molar-refractivity contribution in [2.45, 2.75) is 6.04 Å². The molecule has 48 valence electrons. The van der Waals surface area contributed by atoms with E-state index in [-0.39, 0.29) is 11.9 Å². The average Bonchev–Trinajstić information content (AvgIpc) is 1.89. The molecule has 9 heavy (non-hydrogen) atoms. The molecular weight excluding hydrogens is 116 g/mol. The quantitative estimate of drug-likeness (QED) is 0.523. The standard InChI is InChI=1S/C6H8N2O/c1-7-5-3-2-4-8-6(5)9/h2-5,7H,1H3. The smallest absolute Gasteiger partial charge is 0.266 e. The van der Waals surface area contributed by atoms with E-state index in [4.69, 9.17) is 0 Å². The van der Waals surface area contributed by atoms with Gasteiger partial charge in [0.1, 0.15) is 6.04 Å². The lowest BCUT2D eigenvalue weighted by molar-refractivity contribution is -0.118. The second-order valence-electron chi connectivity index (χ2n) is 1.77. The second-order valence-corrected chi connectivity index (χ2v) is 1.77. The van der Waals surface area contributed by atoms with E-state index in [0.29, 0.717) is 0 Å². The van der Waals surface area contributed by atoms with Crippen molar-refractivity contribution >= 4 is 12.1 Å². The zero-order valence-electron chi connectivity index (χ0n) is 5.16. The molecule has 1 unspecified atom stereocenters. The van der Waals surface area contributed by atoms with Gasteiger partial charge in [0.05, 0.1) is 0 Å². The summed E-state index contributed by atoms with van der Waals surface area (Å²) < 4.78 is 0. The highest BCUT2D eigenvalue weighted by Crippen LogP contribution is 1.93. The molecule has 3 nitrogen and oxygen atoms in total. The Bertz CT molecular complexity index is 172. The summed E-state index contributed by atoms with van der Waals surface area (Å²) in [6.07, 6.45) is 5.02. The van der Waals surface area contributed by atoms with Crippen LogP contribution in [0.2, 0.25) is 0 Å². The minimum absolute atomic E-state index is 0.125. The van der Waals surface area contributed by atoms with E-state index in [1.54, 1.807) is 19.2 Å². The van der Waals surface area contributed by atoms with E-state index >= 15 is 0 Å². The van der Waals surface area contributed by atoms with E-state index in [1.807, 2.05) is 0 Å². The highest BCUT2D eigenvalue weighted by atomic mass is 16.1. The molecule has 0 aromatic heterocycles. The fourth-order valence-electron chi connectivity index (χ4n) is 0.660. The molecule has 0 radical (unpaired) electrons. The van der Waals surface area contributed by atoms with Crippen LogP contribution in [-0.4, -0.2) is 25.2 Å². The predicted octanol–water partition coefficient (Wildman–Crippen LogP) is -0.258. The number of nitrogens with one attached hydrogen (secondary N) is 1. The Balaban J connectivity index is 2.66. The van der Waals surface area contributed by atoms with Crippen LogP contribution in [0.4, 0.5) is 0 Å². The second kappa shape index (κ2) is 2.55. The van der Waals surface area contributed by atoms with Crippen molar-refractivity contribution in [3.8, 4) is 0 Å². The Labute approximate surface area is 53.5 Å². The minimum atomic E-state index is -0.213. The van der Waals surface area contributed by atoms with Crippen LogP contribution in [0.3, 0.4) is 0 Å². The molecule has 1 aliphatic heterocycles. The Hall–Kier alpha value is -0.960. The molecule has 1 atom stereocenters. The van der Waals surface area contributed by atoms with Gasteiger partial charge in [-0.25, -0.2) is 4.99 Å². The number of aliphatic imine (C=N–C) groups is 1. The summed E-state index contributed by atoms with van der Waals surface area (Å²) >= 11 is 0. The number of dihydropyridines is 1. The maximum absolute atomic E-state index is 10.7. The lowest BCUT2D eigenvalue weighted by atomic mass is 10.2. The molecule has 0 spiro atoms. The molecule has 3 heteroatoms. The Kier molecular flexibility index (Phi) is 1.75. The van der Waals surface area contributed by atoms with Gasteiger partial charge in [-0.15, -0.1) is 0 Å². The molecule has 0 aromatic carbocycles. The van der Waals surface area contributed by atoms with Gasteiger partial charge in [-0.3, -0.25) is 4.79 Å². The third-order valence-corrected chi connectivity index (χ3v) is 1.17. The van der Waals surface area contributed by atoms with Crippen LogP contribution in [0.15, 0.2) is 17.1 Å². The third kappa shape index (κ3) is 1.23. The number of amides is 1. The number of allylic oxidation sites excluding steroid dienone is 1. The van der Waals surface area contributed by atoms with Crippen molar-refractivity contribution < 1.29 is 4.79 Å². The van der Waals surface area contributed by atoms with Gasteiger partial charge in [0.2, 0.25) is 0 Å². The molecule has 0 saturated carbocycles. The zero-order valence-corrected chi connectivity index (χ0v) is 5.16. The van der Waals surface area contributed by atoms with Crippen molar-refractivity contribution in [3.63, 3.8) is 0 Å². The van der Waals surface area contributed by atoms with E-state index in [9.17, 15) is 4.79 Å². The summed E-state index contributed by atoms with van der Waals surface area (Å²) in [4.78, 5) is 14.3. The van der Waals surface area contributed by atoms with Crippen LogP contribution in [-0.2, 0) is 4.79 Å². The van der Waals surface area contributed by atoms with Gasteiger partial charge in [-0.2, -0.15) is 0 Å². The summed E-state index contributed by atoms with van der Waals surface area (Å²) in [6, 6.07) is -0.213. The first-order valence-corrected chi connectivity index (χ1v) is 2.76. The molecule has 0 bridgehead atoms. The normalized spacial score (nSPS) is 25.0. The molecule has 0 fully saturated rings. The van der Waals surface area contributed by atoms with Crippen LogP contribution in [0.25, 0.3) is 0 Å². The number of likely N-dealkylation sites (N-methyl/N-ethyl adjacent to an activating group) is 1. The number of nitrogens with zero attached hydrogens (tertiary/aromatic N) is 1. The van der Waals surface area contributed by atoms with Crippen molar-refractivity contribution in [1.29, 1.82) is 0 Å². The SMILES string of the molecule is CNC1C=CC=NC1=O. The van der Waals surface area contributed by atoms with Gasteiger partial charge in [-0.1, -0.05) is 6.08 Å². The molecule has 1 heterocycles. The molecule has 1 amide bonds. The van der Waals surface area contributed by atoms with Gasteiger partial charge in [0.15, 0.2) is 0 Å². The maximum atomic E-state index is 10.7. The first-order chi connectivity index (χ1) is 4.34. The fourth-order valence-corrected chi connectivity index (χ4v) is 0.660. The number of carbonyl (C=O) groups excluding carboxylic acids is 1. The van der Waals surface area contributed by atoms with Crippen LogP contribution in [0.1, 0.15) is 0 Å². The molecule has 1 rings (SSSR count). The summed E-state index contributed by atoms with van der Waals surface area (Å²) in [7, 11) is 1.73. The van der Waals surface area contributed by atoms with Crippen molar-refractivity contribution in [2.24, 2.45) is 4.99 Å². The van der Waals surface area contributed by atoms with E-state index in [0.717, 1.165) is 0 Å². The first kappa shape index (κ1) is 6.16. The Morgan fingerprint density at radius 2 is 2.56 bits per heavy atom. The summed E-state index contributed by atoms with van der Waals surface area (Å²) in [6.45, 7) is 0. The lowest BCUT2D eigenvalue weighted by Gasteiger charge is -2.07. The van der Waals surface area contributed by atoms with Crippen LogP contribution in [0.5, 0.6) is 0 Å². The fraction of sp³-hybridized carbons (Fsp3) is 0.333. The Morgan fingerprint density at radius 1 is 1.78 bits per heavy atom. The molecule has 0 aromatic rings. The minimum Gasteiger partial charge on any atom is -0.306 e. The summed E-state index contributed by atoms with van der Waals surface area (Å²) in [5, 5.41) is 2.80. The largest absolute Gasteiger partial charge is 0.306 e. The molecule has 0 saturated heterocycles.